The number of rotatable bonds is 4. The summed E-state index contributed by atoms with van der Waals surface area (Å²) in [4.78, 5) is 17.0. The van der Waals surface area contributed by atoms with Crippen LogP contribution >= 0.6 is 23.7 Å². The Morgan fingerprint density at radius 1 is 1.30 bits per heavy atom. The highest BCUT2D eigenvalue weighted by Crippen LogP contribution is 2.25. The number of aromatic nitrogens is 1. The summed E-state index contributed by atoms with van der Waals surface area (Å²) in [6, 6.07) is 10.1. The minimum absolute atomic E-state index is 0. The molecule has 1 aromatic heterocycles. The maximum Gasteiger partial charge on any atom is 0.223 e. The molecule has 1 amide bonds. The molecule has 1 aliphatic heterocycles. The summed E-state index contributed by atoms with van der Waals surface area (Å²) in [5, 5.41) is 9.41. The third-order valence-corrected chi connectivity index (χ3v) is 5.06. The second kappa shape index (κ2) is 8.43. The van der Waals surface area contributed by atoms with Gasteiger partial charge in [0.2, 0.25) is 5.91 Å². The van der Waals surface area contributed by atoms with Crippen LogP contribution in [-0.4, -0.2) is 24.0 Å². The van der Waals surface area contributed by atoms with Crippen LogP contribution in [0.5, 0.6) is 0 Å². The average Bonchev–Trinajstić information content (AvgIpc) is 3.06. The number of hydrogen-bond acceptors (Lipinski definition) is 4. The molecule has 6 heteroatoms. The predicted molar refractivity (Wildman–Crippen MR) is 96.9 cm³/mol. The molecule has 0 spiro atoms. The summed E-state index contributed by atoms with van der Waals surface area (Å²) >= 11 is 1.60. The molecule has 1 aromatic carbocycles. The van der Waals surface area contributed by atoms with E-state index in [0.29, 0.717) is 0 Å². The lowest BCUT2D eigenvalue weighted by molar-refractivity contribution is -0.126. The average molecular weight is 352 g/mol. The Hall–Kier alpha value is -1.43. The molecule has 0 aliphatic carbocycles. The fourth-order valence-corrected chi connectivity index (χ4v) is 3.54. The van der Waals surface area contributed by atoms with Crippen molar-refractivity contribution in [2.45, 2.75) is 25.8 Å². The van der Waals surface area contributed by atoms with E-state index in [-0.39, 0.29) is 30.3 Å². The molecule has 2 aromatic rings. The van der Waals surface area contributed by atoms with Crippen molar-refractivity contribution < 1.29 is 4.79 Å². The Bertz CT molecular complexity index is 626. The largest absolute Gasteiger partial charge is 0.347 e. The van der Waals surface area contributed by atoms with Gasteiger partial charge in [-0.1, -0.05) is 30.3 Å². The summed E-state index contributed by atoms with van der Waals surface area (Å²) in [5.74, 6) is 0.294. The summed E-state index contributed by atoms with van der Waals surface area (Å²) in [7, 11) is 0. The van der Waals surface area contributed by atoms with Crippen molar-refractivity contribution in [3.63, 3.8) is 0 Å². The van der Waals surface area contributed by atoms with Gasteiger partial charge in [-0.3, -0.25) is 4.79 Å². The van der Waals surface area contributed by atoms with Gasteiger partial charge in [-0.2, -0.15) is 0 Å². The minimum atomic E-state index is -0.0372. The molecule has 1 atom stereocenters. The Kier molecular flexibility index (Phi) is 6.57. The predicted octanol–water partition coefficient (Wildman–Crippen LogP) is 3.41. The fourth-order valence-electron chi connectivity index (χ4n) is 2.71. The normalized spacial score (nSPS) is 16.4. The lowest BCUT2D eigenvalue weighted by Crippen LogP contribution is -2.39. The van der Waals surface area contributed by atoms with Gasteiger partial charge in [-0.15, -0.1) is 23.7 Å². The Balaban J connectivity index is 0.00000192. The minimum Gasteiger partial charge on any atom is -0.347 e. The summed E-state index contributed by atoms with van der Waals surface area (Å²) in [6.45, 7) is 3.87. The first kappa shape index (κ1) is 17.9. The molecule has 23 heavy (non-hydrogen) atoms. The van der Waals surface area contributed by atoms with Crippen molar-refractivity contribution in [1.82, 2.24) is 15.6 Å². The summed E-state index contributed by atoms with van der Waals surface area (Å²) < 4.78 is 0. The van der Waals surface area contributed by atoms with E-state index in [4.69, 9.17) is 0 Å². The zero-order valence-electron chi connectivity index (χ0n) is 13.1. The van der Waals surface area contributed by atoms with Crippen LogP contribution in [0.4, 0.5) is 0 Å². The van der Waals surface area contributed by atoms with Gasteiger partial charge >= 0.3 is 0 Å². The quantitative estimate of drug-likeness (QED) is 0.887. The molecule has 0 radical (unpaired) electrons. The fraction of sp³-hybridized carbons (Fsp3) is 0.412. The van der Waals surface area contributed by atoms with Crippen LogP contribution in [0.25, 0.3) is 11.3 Å². The van der Waals surface area contributed by atoms with Crippen molar-refractivity contribution in [3.8, 4) is 11.3 Å². The molecular formula is C17H22ClN3OS. The zero-order valence-corrected chi connectivity index (χ0v) is 14.8. The molecule has 1 fully saturated rings. The smallest absolute Gasteiger partial charge is 0.223 e. The second-order valence-corrected chi connectivity index (χ2v) is 6.58. The van der Waals surface area contributed by atoms with Crippen molar-refractivity contribution in [3.05, 3.63) is 40.7 Å². The molecular weight excluding hydrogens is 330 g/mol. The number of piperidine rings is 1. The van der Waals surface area contributed by atoms with E-state index in [1.165, 1.54) is 0 Å². The molecule has 0 saturated carbocycles. The van der Waals surface area contributed by atoms with Crippen molar-refractivity contribution in [1.29, 1.82) is 0 Å². The Labute approximate surface area is 147 Å². The molecule has 1 aliphatic rings. The van der Waals surface area contributed by atoms with Gasteiger partial charge < -0.3 is 10.6 Å². The topological polar surface area (TPSA) is 54.0 Å². The van der Waals surface area contributed by atoms with Gasteiger partial charge in [0.05, 0.1) is 11.7 Å². The molecule has 2 N–H and O–H groups in total. The van der Waals surface area contributed by atoms with E-state index in [2.05, 4.69) is 33.1 Å². The molecule has 3 rings (SSSR count). The molecule has 1 saturated heterocycles. The van der Waals surface area contributed by atoms with Gasteiger partial charge in [0.15, 0.2) is 0 Å². The van der Waals surface area contributed by atoms with E-state index < -0.39 is 0 Å². The van der Waals surface area contributed by atoms with Gasteiger partial charge in [0.1, 0.15) is 5.01 Å². The highest BCUT2D eigenvalue weighted by Gasteiger charge is 2.23. The van der Waals surface area contributed by atoms with Gasteiger partial charge in [-0.25, -0.2) is 4.98 Å². The van der Waals surface area contributed by atoms with Crippen molar-refractivity contribution >= 4 is 29.7 Å². The first-order chi connectivity index (χ1) is 10.7. The van der Waals surface area contributed by atoms with Crippen LogP contribution in [0.2, 0.25) is 0 Å². The second-order valence-electron chi connectivity index (χ2n) is 5.69. The van der Waals surface area contributed by atoms with Crippen LogP contribution in [0.3, 0.4) is 0 Å². The van der Waals surface area contributed by atoms with Gasteiger partial charge in [-0.05, 0) is 32.9 Å². The maximum absolute atomic E-state index is 12.3. The molecule has 124 valence electrons. The number of nitrogens with zero attached hydrogens (tertiary/aromatic N) is 1. The van der Waals surface area contributed by atoms with Crippen LogP contribution in [0.15, 0.2) is 35.7 Å². The van der Waals surface area contributed by atoms with Gasteiger partial charge in [0, 0.05) is 16.9 Å². The van der Waals surface area contributed by atoms with Crippen LogP contribution in [-0.2, 0) is 4.79 Å². The lowest BCUT2D eigenvalue weighted by atomic mass is 9.97. The first-order valence-corrected chi connectivity index (χ1v) is 8.64. The Morgan fingerprint density at radius 2 is 2.00 bits per heavy atom. The third-order valence-electron chi connectivity index (χ3n) is 4.03. The number of amides is 1. The monoisotopic (exact) mass is 351 g/mol. The Morgan fingerprint density at radius 3 is 2.70 bits per heavy atom. The number of benzene rings is 1. The van der Waals surface area contributed by atoms with E-state index in [9.17, 15) is 4.79 Å². The summed E-state index contributed by atoms with van der Waals surface area (Å²) in [6.07, 6.45) is 1.84. The van der Waals surface area contributed by atoms with Crippen LogP contribution in [0, 0.1) is 5.92 Å². The van der Waals surface area contributed by atoms with E-state index in [1.54, 1.807) is 11.3 Å². The SMILES string of the molecule is CC(NC(=O)C1CCNCC1)c1nc(-c2ccccc2)cs1.Cl. The van der Waals surface area contributed by atoms with Crippen molar-refractivity contribution in [2.75, 3.05) is 13.1 Å². The summed E-state index contributed by atoms with van der Waals surface area (Å²) in [5.41, 5.74) is 2.09. The molecule has 2 heterocycles. The number of nitrogens with one attached hydrogen (secondary N) is 2. The van der Waals surface area contributed by atoms with E-state index in [1.807, 2.05) is 25.1 Å². The molecule has 4 nitrogen and oxygen atoms in total. The maximum atomic E-state index is 12.3. The van der Waals surface area contributed by atoms with E-state index in [0.717, 1.165) is 42.2 Å². The highest BCUT2D eigenvalue weighted by atomic mass is 35.5. The van der Waals surface area contributed by atoms with Crippen molar-refractivity contribution in [2.24, 2.45) is 5.92 Å². The van der Waals surface area contributed by atoms with Crippen LogP contribution < -0.4 is 10.6 Å². The number of halogens is 1. The highest BCUT2D eigenvalue weighted by molar-refractivity contribution is 7.10. The molecule has 0 bridgehead atoms. The molecule has 1 unspecified atom stereocenters. The third kappa shape index (κ3) is 4.53. The first-order valence-electron chi connectivity index (χ1n) is 7.76. The number of thiazole rings is 1. The lowest BCUT2D eigenvalue weighted by Gasteiger charge is -2.23. The number of carbonyl (C=O) groups excluding carboxylic acids is 1. The standard InChI is InChI=1S/C17H21N3OS.ClH/c1-12(19-16(21)14-7-9-18-10-8-14)17-20-15(11-22-17)13-5-3-2-4-6-13;/h2-6,11-12,14,18H,7-10H2,1H3,(H,19,21);1H. The van der Waals surface area contributed by atoms with Crippen LogP contribution in [0.1, 0.15) is 30.8 Å². The zero-order chi connectivity index (χ0) is 15.4. The number of carbonyl (C=O) groups is 1. The van der Waals surface area contributed by atoms with E-state index >= 15 is 0 Å². The van der Waals surface area contributed by atoms with Gasteiger partial charge in [0.25, 0.3) is 0 Å². The number of hydrogen-bond donors (Lipinski definition) is 2.